The van der Waals surface area contributed by atoms with Gasteiger partial charge < -0.3 is 0 Å². The molecule has 0 saturated heterocycles. The van der Waals surface area contributed by atoms with Gasteiger partial charge in [-0.25, -0.2) is 0 Å². The van der Waals surface area contributed by atoms with Crippen LogP contribution in [0.5, 0.6) is 0 Å². The van der Waals surface area contributed by atoms with Crippen LogP contribution >= 0.6 is 0 Å². The first-order chi connectivity index (χ1) is 10.2. The third kappa shape index (κ3) is 5.04. The van der Waals surface area contributed by atoms with Gasteiger partial charge in [-0.3, -0.25) is 4.55 Å². The van der Waals surface area contributed by atoms with E-state index < -0.39 is 10.1 Å². The van der Waals surface area contributed by atoms with Crippen LogP contribution in [0.25, 0.3) is 10.8 Å². The molecule has 23 heavy (non-hydrogen) atoms. The molecule has 0 fully saturated rings. The maximum absolute atomic E-state index is 12.0. The molecule has 0 aliphatic rings. The van der Waals surface area contributed by atoms with Gasteiger partial charge >= 0.3 is 29.6 Å². The number of benzene rings is 2. The topological polar surface area (TPSA) is 54.4 Å². The van der Waals surface area contributed by atoms with Crippen molar-refractivity contribution in [3.05, 3.63) is 41.5 Å². The molecule has 5 heteroatoms. The van der Waals surface area contributed by atoms with Crippen LogP contribution in [0.4, 0.5) is 0 Å². The molecular formula is C18H25NaO3S. The normalized spacial score (nSPS) is 12.0. The van der Waals surface area contributed by atoms with Crippen molar-refractivity contribution in [3.8, 4) is 0 Å². The minimum atomic E-state index is -4.25. The van der Waals surface area contributed by atoms with E-state index in [2.05, 4.69) is 13.8 Å². The predicted molar refractivity (Wildman–Crippen MR) is 98.0 cm³/mol. The van der Waals surface area contributed by atoms with Crippen LogP contribution in [0.3, 0.4) is 0 Å². The van der Waals surface area contributed by atoms with Gasteiger partial charge in [0, 0.05) is 0 Å². The number of fused-ring (bicyclic) bond motifs is 1. The molecular weight excluding hydrogens is 319 g/mol. The molecule has 1 N–H and O–H groups in total. The third-order valence-electron chi connectivity index (χ3n) is 3.68. The summed E-state index contributed by atoms with van der Waals surface area (Å²) in [5.41, 5.74) is 1.46. The van der Waals surface area contributed by atoms with Gasteiger partial charge in [0.1, 0.15) is 4.90 Å². The number of rotatable bonds is 5. The van der Waals surface area contributed by atoms with Gasteiger partial charge in [0.2, 0.25) is 0 Å². The SMILES string of the molecule is CC(C)Cc1cc2ccccc2c(CC(C)C)c1S(=O)(=O)O.[NaH]. The van der Waals surface area contributed by atoms with Crippen LogP contribution in [0.15, 0.2) is 35.2 Å². The van der Waals surface area contributed by atoms with Gasteiger partial charge in [-0.1, -0.05) is 52.0 Å². The zero-order valence-corrected chi connectivity index (χ0v) is 14.4. The van der Waals surface area contributed by atoms with E-state index in [4.69, 9.17) is 0 Å². The van der Waals surface area contributed by atoms with Gasteiger partial charge in [-0.15, -0.1) is 0 Å². The van der Waals surface area contributed by atoms with Gasteiger partial charge in [0.05, 0.1) is 0 Å². The summed E-state index contributed by atoms with van der Waals surface area (Å²) in [6.07, 6.45) is 1.26. The zero-order chi connectivity index (χ0) is 16.5. The van der Waals surface area contributed by atoms with Crippen LogP contribution in [0.1, 0.15) is 38.8 Å². The van der Waals surface area contributed by atoms with Crippen molar-refractivity contribution in [1.82, 2.24) is 0 Å². The van der Waals surface area contributed by atoms with Gasteiger partial charge in [-0.05, 0) is 52.6 Å². The van der Waals surface area contributed by atoms with Crippen molar-refractivity contribution in [3.63, 3.8) is 0 Å². The summed E-state index contributed by atoms with van der Waals surface area (Å²) in [5, 5.41) is 1.94. The minimum absolute atomic E-state index is 0. The quantitative estimate of drug-likeness (QED) is 0.662. The van der Waals surface area contributed by atoms with Crippen molar-refractivity contribution in [1.29, 1.82) is 0 Å². The van der Waals surface area contributed by atoms with Crippen molar-refractivity contribution in [2.45, 2.75) is 45.4 Å². The summed E-state index contributed by atoms with van der Waals surface area (Å²) >= 11 is 0. The second kappa shape index (κ2) is 8.13. The standard InChI is InChI=1S/C18H24O3S.Na.H/c1-12(2)9-15-11-14-7-5-6-8-16(14)17(10-13(3)4)18(15)22(19,20)21;;/h5-8,11-13H,9-10H2,1-4H3,(H,19,20,21);;. The summed E-state index contributed by atoms with van der Waals surface area (Å²) in [7, 11) is -4.25. The summed E-state index contributed by atoms with van der Waals surface area (Å²) < 4.78 is 33.9. The van der Waals surface area contributed by atoms with E-state index in [-0.39, 0.29) is 34.5 Å². The Kier molecular flexibility index (Phi) is 7.30. The fraction of sp³-hybridized carbons (Fsp3) is 0.444. The van der Waals surface area contributed by atoms with Gasteiger partial charge in [0.15, 0.2) is 0 Å². The molecule has 0 atom stereocenters. The summed E-state index contributed by atoms with van der Waals surface area (Å²) in [4.78, 5) is 0.119. The van der Waals surface area contributed by atoms with Crippen molar-refractivity contribution < 1.29 is 13.0 Å². The van der Waals surface area contributed by atoms with Crippen molar-refractivity contribution >= 4 is 50.4 Å². The second-order valence-corrected chi connectivity index (χ2v) is 8.09. The Morgan fingerprint density at radius 1 is 1.00 bits per heavy atom. The van der Waals surface area contributed by atoms with Crippen LogP contribution in [0, 0.1) is 11.8 Å². The van der Waals surface area contributed by atoms with Crippen molar-refractivity contribution in [2.75, 3.05) is 0 Å². The summed E-state index contributed by atoms with van der Waals surface area (Å²) in [5.74, 6) is 0.617. The molecule has 0 aliphatic carbocycles. The van der Waals surface area contributed by atoms with Crippen LogP contribution in [-0.2, 0) is 23.0 Å². The zero-order valence-electron chi connectivity index (χ0n) is 13.6. The molecule has 0 aromatic heterocycles. The first-order valence-electron chi connectivity index (χ1n) is 7.71. The third-order valence-corrected chi connectivity index (χ3v) is 4.70. The van der Waals surface area contributed by atoms with E-state index in [9.17, 15) is 13.0 Å². The molecule has 0 unspecified atom stereocenters. The summed E-state index contributed by atoms with van der Waals surface area (Å²) in [6, 6.07) is 9.69. The van der Waals surface area contributed by atoms with E-state index in [1.807, 2.05) is 44.2 Å². The Balaban J connectivity index is 0.00000264. The first-order valence-corrected chi connectivity index (χ1v) is 9.15. The number of hydrogen-bond donors (Lipinski definition) is 1. The van der Waals surface area contributed by atoms with E-state index in [1.165, 1.54) is 0 Å². The van der Waals surface area contributed by atoms with E-state index in [0.717, 1.165) is 16.3 Å². The molecule has 0 saturated carbocycles. The molecule has 0 spiro atoms. The molecule has 0 radical (unpaired) electrons. The fourth-order valence-electron chi connectivity index (χ4n) is 2.99. The molecule has 3 nitrogen and oxygen atoms in total. The summed E-state index contributed by atoms with van der Waals surface area (Å²) in [6.45, 7) is 8.20. The van der Waals surface area contributed by atoms with E-state index >= 15 is 0 Å². The monoisotopic (exact) mass is 344 g/mol. The van der Waals surface area contributed by atoms with Crippen LogP contribution < -0.4 is 0 Å². The van der Waals surface area contributed by atoms with Gasteiger partial charge in [-0.2, -0.15) is 8.42 Å². The average Bonchev–Trinajstić information content (AvgIpc) is 2.35. The molecule has 0 amide bonds. The van der Waals surface area contributed by atoms with Gasteiger partial charge in [0.25, 0.3) is 10.1 Å². The molecule has 122 valence electrons. The Morgan fingerprint density at radius 2 is 1.57 bits per heavy atom. The Morgan fingerprint density at radius 3 is 2.09 bits per heavy atom. The molecule has 0 aliphatic heterocycles. The predicted octanol–water partition coefficient (Wildman–Crippen LogP) is 3.84. The Labute approximate surface area is 161 Å². The second-order valence-electron chi connectivity index (χ2n) is 6.74. The number of hydrogen-bond acceptors (Lipinski definition) is 2. The fourth-order valence-corrected chi connectivity index (χ4v) is 3.97. The maximum atomic E-state index is 12.0. The average molecular weight is 344 g/mol. The van der Waals surface area contributed by atoms with E-state index in [1.54, 1.807) is 0 Å². The van der Waals surface area contributed by atoms with Crippen LogP contribution in [-0.4, -0.2) is 42.5 Å². The molecule has 0 bridgehead atoms. The molecule has 2 rings (SSSR count). The molecule has 2 aromatic rings. The van der Waals surface area contributed by atoms with E-state index in [0.29, 0.717) is 30.2 Å². The Hall–Kier alpha value is -0.390. The van der Waals surface area contributed by atoms with Crippen molar-refractivity contribution in [2.24, 2.45) is 11.8 Å². The first kappa shape index (κ1) is 20.7. The Bertz CT molecular complexity index is 780. The molecule has 2 aromatic carbocycles. The van der Waals surface area contributed by atoms with Crippen LogP contribution in [0.2, 0.25) is 0 Å². The molecule has 0 heterocycles.